The lowest BCUT2D eigenvalue weighted by Gasteiger charge is -2.34. The van der Waals surface area contributed by atoms with Gasteiger partial charge in [0.05, 0.1) is 6.42 Å². The van der Waals surface area contributed by atoms with E-state index >= 15 is 0 Å². The van der Waals surface area contributed by atoms with Gasteiger partial charge in [-0.25, -0.2) is 4.79 Å². The number of rotatable bonds is 15. The number of hydrogen-bond donors (Lipinski definition) is 3. The van der Waals surface area contributed by atoms with E-state index in [1.54, 1.807) is 20.8 Å². The van der Waals surface area contributed by atoms with Gasteiger partial charge in [-0.3, -0.25) is 14.4 Å². The molecule has 0 aliphatic heterocycles. The van der Waals surface area contributed by atoms with Gasteiger partial charge in [0, 0.05) is 13.1 Å². The van der Waals surface area contributed by atoms with Crippen molar-refractivity contribution >= 4 is 23.8 Å². The summed E-state index contributed by atoms with van der Waals surface area (Å²) in [5.41, 5.74) is 7.38. The van der Waals surface area contributed by atoms with Crippen LogP contribution in [0.3, 0.4) is 0 Å². The first kappa shape index (κ1) is 32.9. The maximum Gasteiger partial charge on any atom is 0.408 e. The predicted molar refractivity (Wildman–Crippen MR) is 149 cm³/mol. The number of carbonyl (C=O) groups excluding carboxylic acids is 4. The van der Waals surface area contributed by atoms with Crippen molar-refractivity contribution in [2.75, 3.05) is 13.1 Å². The minimum Gasteiger partial charge on any atom is -0.444 e. The average Bonchev–Trinajstić information content (AvgIpc) is 2.81. The van der Waals surface area contributed by atoms with Crippen LogP contribution in [-0.2, 0) is 19.1 Å². The third-order valence-corrected chi connectivity index (χ3v) is 6.17. The molecule has 0 fully saturated rings. The molecule has 0 saturated carbocycles. The van der Waals surface area contributed by atoms with Crippen LogP contribution in [0.15, 0.2) is 18.2 Å². The molecule has 0 bridgehead atoms. The van der Waals surface area contributed by atoms with Crippen molar-refractivity contribution < 1.29 is 23.9 Å². The van der Waals surface area contributed by atoms with Gasteiger partial charge in [0.15, 0.2) is 0 Å². The first-order valence-corrected chi connectivity index (χ1v) is 13.7. The van der Waals surface area contributed by atoms with Crippen molar-refractivity contribution in [3.05, 3.63) is 34.9 Å². The molecule has 0 aliphatic carbocycles. The first-order chi connectivity index (χ1) is 17.8. The normalized spacial score (nSPS) is 12.8. The second-order valence-electron chi connectivity index (χ2n) is 10.9. The number of nitrogens with zero attached hydrogens (tertiary/aromatic N) is 1. The number of primary amides is 1. The van der Waals surface area contributed by atoms with E-state index < -0.39 is 42.0 Å². The highest BCUT2D eigenvalue weighted by molar-refractivity contribution is 5.94. The van der Waals surface area contributed by atoms with E-state index in [1.807, 2.05) is 39.0 Å². The summed E-state index contributed by atoms with van der Waals surface area (Å²) in [5, 5.41) is 5.51. The Morgan fingerprint density at radius 3 is 2.16 bits per heavy atom. The average molecular weight is 533 g/mol. The first-order valence-electron chi connectivity index (χ1n) is 13.7. The zero-order chi connectivity index (χ0) is 28.9. The van der Waals surface area contributed by atoms with Crippen LogP contribution in [0.4, 0.5) is 4.79 Å². The van der Waals surface area contributed by atoms with E-state index in [0.717, 1.165) is 43.2 Å². The van der Waals surface area contributed by atoms with Crippen LogP contribution in [0.1, 0.15) is 102 Å². The van der Waals surface area contributed by atoms with Crippen LogP contribution in [0.25, 0.3) is 0 Å². The van der Waals surface area contributed by atoms with E-state index in [2.05, 4.69) is 17.6 Å². The molecular weight excluding hydrogens is 484 g/mol. The van der Waals surface area contributed by atoms with Gasteiger partial charge in [0.2, 0.25) is 17.7 Å². The fourth-order valence-electron chi connectivity index (χ4n) is 4.04. The summed E-state index contributed by atoms with van der Waals surface area (Å²) in [7, 11) is 0. The van der Waals surface area contributed by atoms with Crippen LogP contribution in [0.2, 0.25) is 0 Å². The van der Waals surface area contributed by atoms with Crippen molar-refractivity contribution in [2.24, 2.45) is 5.73 Å². The van der Waals surface area contributed by atoms with Crippen molar-refractivity contribution in [3.63, 3.8) is 0 Å². The van der Waals surface area contributed by atoms with E-state index in [-0.39, 0.29) is 12.5 Å². The number of amides is 4. The van der Waals surface area contributed by atoms with Crippen molar-refractivity contribution in [2.45, 2.75) is 111 Å². The number of nitrogens with two attached hydrogens (primary N) is 1. The molecule has 0 aromatic heterocycles. The molecule has 4 N–H and O–H groups in total. The maximum atomic E-state index is 14.0. The van der Waals surface area contributed by atoms with Crippen LogP contribution in [0, 0.1) is 13.8 Å². The molecule has 0 radical (unpaired) electrons. The Labute approximate surface area is 228 Å². The molecule has 4 amide bonds. The fraction of sp³-hybridized carbons (Fsp3) is 0.655. The minimum absolute atomic E-state index is 0.276. The van der Waals surface area contributed by atoms with Gasteiger partial charge in [-0.2, -0.15) is 0 Å². The number of alkyl carbamates (subject to hydrolysis) is 1. The Hall–Kier alpha value is -3.10. The largest absolute Gasteiger partial charge is 0.444 e. The van der Waals surface area contributed by atoms with E-state index in [0.29, 0.717) is 18.5 Å². The summed E-state index contributed by atoms with van der Waals surface area (Å²) in [6, 6.07) is 3.48. The molecule has 2 atom stereocenters. The Kier molecular flexibility index (Phi) is 13.9. The number of aryl methyl sites for hydroxylation is 2. The zero-order valence-electron chi connectivity index (χ0n) is 24.3. The van der Waals surface area contributed by atoms with Gasteiger partial charge < -0.3 is 26.0 Å². The van der Waals surface area contributed by atoms with Gasteiger partial charge in [0.1, 0.15) is 17.7 Å². The second kappa shape index (κ2) is 16.0. The lowest BCUT2D eigenvalue weighted by molar-refractivity contribution is -0.143. The number of ether oxygens (including phenoxy) is 1. The van der Waals surface area contributed by atoms with Gasteiger partial charge in [0.25, 0.3) is 0 Å². The quantitative estimate of drug-likeness (QED) is 0.288. The minimum atomic E-state index is -1.27. The van der Waals surface area contributed by atoms with Crippen LogP contribution >= 0.6 is 0 Å². The number of unbranched alkanes of at least 4 members (excludes halogenated alkanes) is 4. The van der Waals surface area contributed by atoms with Crippen molar-refractivity contribution in [1.82, 2.24) is 15.5 Å². The molecule has 1 aromatic rings. The Bertz CT molecular complexity index is 941. The Morgan fingerprint density at radius 2 is 1.61 bits per heavy atom. The molecule has 0 heterocycles. The summed E-state index contributed by atoms with van der Waals surface area (Å²) in [6.07, 6.45) is 4.00. The fourth-order valence-corrected chi connectivity index (χ4v) is 4.04. The lowest BCUT2D eigenvalue weighted by Crippen LogP contribution is -2.54. The zero-order valence-corrected chi connectivity index (χ0v) is 24.3. The molecule has 0 saturated heterocycles. The smallest absolute Gasteiger partial charge is 0.408 e. The highest BCUT2D eigenvalue weighted by atomic mass is 16.6. The standard InChI is InChI=1S/C29H48N4O5/c1-8-10-12-16-31-26(35)25(22-15-14-20(3)21(4)18-22)33(17-13-11-9-2)27(36)23(19-24(30)34)32-28(37)38-29(5,6)7/h14-15,18,23,25H,8-13,16-17,19H2,1-7H3,(H2,30,34)(H,31,35)(H,32,37). The van der Waals surface area contributed by atoms with Crippen molar-refractivity contribution in [1.29, 1.82) is 0 Å². The van der Waals surface area contributed by atoms with E-state index in [4.69, 9.17) is 10.5 Å². The molecule has 9 nitrogen and oxygen atoms in total. The summed E-state index contributed by atoms with van der Waals surface area (Å²) >= 11 is 0. The monoisotopic (exact) mass is 532 g/mol. The number of nitrogens with one attached hydrogen (secondary N) is 2. The molecule has 214 valence electrons. The summed E-state index contributed by atoms with van der Waals surface area (Å²) in [5.74, 6) is -1.61. The van der Waals surface area contributed by atoms with Gasteiger partial charge in [-0.15, -0.1) is 0 Å². The van der Waals surface area contributed by atoms with Crippen LogP contribution < -0.4 is 16.4 Å². The molecule has 38 heavy (non-hydrogen) atoms. The highest BCUT2D eigenvalue weighted by Gasteiger charge is 2.36. The highest BCUT2D eigenvalue weighted by Crippen LogP contribution is 2.26. The van der Waals surface area contributed by atoms with E-state index in [9.17, 15) is 19.2 Å². The molecule has 9 heteroatoms. The van der Waals surface area contributed by atoms with E-state index in [1.165, 1.54) is 4.90 Å². The molecule has 1 aromatic carbocycles. The number of carbonyl (C=O) groups is 4. The summed E-state index contributed by atoms with van der Waals surface area (Å²) in [4.78, 5) is 53.6. The number of benzene rings is 1. The summed E-state index contributed by atoms with van der Waals surface area (Å²) in [6.45, 7) is 13.9. The molecular formula is C29H48N4O5. The Morgan fingerprint density at radius 1 is 0.974 bits per heavy atom. The van der Waals surface area contributed by atoms with Crippen LogP contribution in [0.5, 0.6) is 0 Å². The lowest BCUT2D eigenvalue weighted by atomic mass is 9.97. The molecule has 1 rings (SSSR count). The summed E-state index contributed by atoms with van der Waals surface area (Å²) < 4.78 is 5.32. The SMILES string of the molecule is CCCCCNC(=O)C(c1ccc(C)c(C)c1)N(CCCCC)C(=O)C(CC(N)=O)NC(=O)OC(C)(C)C. The van der Waals surface area contributed by atoms with Crippen LogP contribution in [-0.4, -0.2) is 53.4 Å². The molecule has 2 unspecified atom stereocenters. The second-order valence-corrected chi connectivity index (χ2v) is 10.9. The topological polar surface area (TPSA) is 131 Å². The van der Waals surface area contributed by atoms with Gasteiger partial charge in [-0.1, -0.05) is 57.7 Å². The number of hydrogen-bond acceptors (Lipinski definition) is 5. The third-order valence-electron chi connectivity index (χ3n) is 6.17. The molecule has 0 aliphatic rings. The third kappa shape index (κ3) is 11.5. The van der Waals surface area contributed by atoms with Gasteiger partial charge in [-0.05, 0) is 64.2 Å². The van der Waals surface area contributed by atoms with Gasteiger partial charge >= 0.3 is 6.09 Å². The van der Waals surface area contributed by atoms with Crippen molar-refractivity contribution in [3.8, 4) is 0 Å². The molecule has 0 spiro atoms. The Balaban J connectivity index is 3.48. The maximum absolute atomic E-state index is 14.0. The predicted octanol–water partition coefficient (Wildman–Crippen LogP) is 4.44.